The van der Waals surface area contributed by atoms with Gasteiger partial charge in [-0.1, -0.05) is 0 Å². The first kappa shape index (κ1) is 11.8. The van der Waals surface area contributed by atoms with E-state index in [4.69, 9.17) is 10.5 Å². The zero-order chi connectivity index (χ0) is 11.8. The summed E-state index contributed by atoms with van der Waals surface area (Å²) in [6.07, 6.45) is 2.57. The lowest BCUT2D eigenvalue weighted by Gasteiger charge is -2.37. The third-order valence-electron chi connectivity index (χ3n) is 3.90. The first-order valence-corrected chi connectivity index (χ1v) is 5.80. The predicted molar refractivity (Wildman–Crippen MR) is 58.7 cm³/mol. The quantitative estimate of drug-likeness (QED) is 0.601. The van der Waals surface area contributed by atoms with Gasteiger partial charge in [-0.05, 0) is 26.2 Å². The highest BCUT2D eigenvalue weighted by molar-refractivity contribution is 5.83. The third-order valence-corrected chi connectivity index (χ3v) is 3.90. The normalized spacial score (nSPS) is 36.8. The standard InChI is InChI=1S/C11H20N2O3/c1-10(7-16-5-8(10)12)9(14)13-6-11(15)3-2-4-11/h8,15H,2-7,12H2,1H3,(H,13,14). The fourth-order valence-electron chi connectivity index (χ4n) is 2.13. The van der Waals surface area contributed by atoms with Crippen LogP contribution in [0.1, 0.15) is 26.2 Å². The Morgan fingerprint density at radius 1 is 1.62 bits per heavy atom. The van der Waals surface area contributed by atoms with Crippen molar-refractivity contribution in [3.63, 3.8) is 0 Å². The summed E-state index contributed by atoms with van der Waals surface area (Å²) >= 11 is 0. The lowest BCUT2D eigenvalue weighted by molar-refractivity contribution is -0.133. The molecule has 0 aromatic carbocycles. The molecule has 5 nitrogen and oxygen atoms in total. The highest BCUT2D eigenvalue weighted by atomic mass is 16.5. The van der Waals surface area contributed by atoms with Gasteiger partial charge in [0.25, 0.3) is 0 Å². The Morgan fingerprint density at radius 2 is 2.31 bits per heavy atom. The summed E-state index contributed by atoms with van der Waals surface area (Å²) in [5, 5.41) is 12.7. The van der Waals surface area contributed by atoms with Gasteiger partial charge in [-0.15, -0.1) is 0 Å². The van der Waals surface area contributed by atoms with Gasteiger partial charge in [-0.2, -0.15) is 0 Å². The second-order valence-electron chi connectivity index (χ2n) is 5.30. The molecule has 1 saturated heterocycles. The molecule has 1 heterocycles. The number of carbonyl (C=O) groups is 1. The van der Waals surface area contributed by atoms with Crippen molar-refractivity contribution in [2.24, 2.45) is 11.1 Å². The van der Waals surface area contributed by atoms with E-state index in [0.717, 1.165) is 19.3 Å². The Labute approximate surface area is 95.3 Å². The van der Waals surface area contributed by atoms with Crippen LogP contribution >= 0.6 is 0 Å². The molecule has 2 rings (SSSR count). The van der Waals surface area contributed by atoms with Gasteiger partial charge in [-0.25, -0.2) is 0 Å². The van der Waals surface area contributed by atoms with Crippen molar-refractivity contribution in [3.05, 3.63) is 0 Å². The minimum absolute atomic E-state index is 0.113. The van der Waals surface area contributed by atoms with Gasteiger partial charge in [0.1, 0.15) is 0 Å². The van der Waals surface area contributed by atoms with Gasteiger partial charge < -0.3 is 20.9 Å². The fourth-order valence-corrected chi connectivity index (χ4v) is 2.13. The lowest BCUT2D eigenvalue weighted by Crippen LogP contribution is -2.54. The molecule has 2 atom stereocenters. The molecular formula is C11H20N2O3. The highest BCUT2D eigenvalue weighted by Crippen LogP contribution is 2.32. The van der Waals surface area contributed by atoms with E-state index >= 15 is 0 Å². The van der Waals surface area contributed by atoms with Gasteiger partial charge in [0.05, 0.1) is 24.2 Å². The van der Waals surface area contributed by atoms with Crippen molar-refractivity contribution in [2.75, 3.05) is 19.8 Å². The second-order valence-corrected chi connectivity index (χ2v) is 5.30. The lowest BCUT2D eigenvalue weighted by atomic mass is 9.79. The molecule has 0 radical (unpaired) electrons. The maximum atomic E-state index is 12.0. The van der Waals surface area contributed by atoms with Crippen LogP contribution in [0.15, 0.2) is 0 Å². The predicted octanol–water partition coefficient (Wildman–Crippen LogP) is -0.619. The molecule has 5 heteroatoms. The van der Waals surface area contributed by atoms with Gasteiger partial charge in [0, 0.05) is 12.6 Å². The second kappa shape index (κ2) is 3.98. The summed E-state index contributed by atoms with van der Waals surface area (Å²) in [6.45, 7) is 2.92. The molecule has 2 aliphatic rings. The smallest absolute Gasteiger partial charge is 0.230 e. The van der Waals surface area contributed by atoms with E-state index in [-0.39, 0.29) is 11.9 Å². The Morgan fingerprint density at radius 3 is 2.75 bits per heavy atom. The van der Waals surface area contributed by atoms with Crippen molar-refractivity contribution < 1.29 is 14.6 Å². The van der Waals surface area contributed by atoms with Gasteiger partial charge in [0.15, 0.2) is 0 Å². The third kappa shape index (κ3) is 1.95. The Kier molecular flexibility index (Phi) is 2.94. The molecule has 1 aliphatic carbocycles. The summed E-state index contributed by atoms with van der Waals surface area (Å²) in [6, 6.07) is -0.261. The molecule has 1 saturated carbocycles. The van der Waals surface area contributed by atoms with Gasteiger partial charge in [0.2, 0.25) is 5.91 Å². The van der Waals surface area contributed by atoms with E-state index in [0.29, 0.717) is 19.8 Å². The Balaban J connectivity index is 1.87. The topological polar surface area (TPSA) is 84.6 Å². The van der Waals surface area contributed by atoms with Crippen LogP contribution in [-0.4, -0.2) is 42.4 Å². The zero-order valence-corrected chi connectivity index (χ0v) is 9.66. The fraction of sp³-hybridized carbons (Fsp3) is 0.909. The largest absolute Gasteiger partial charge is 0.388 e. The van der Waals surface area contributed by atoms with Crippen LogP contribution in [0.3, 0.4) is 0 Å². The van der Waals surface area contributed by atoms with Crippen LogP contribution in [0.25, 0.3) is 0 Å². The molecule has 0 bridgehead atoms. The number of aliphatic hydroxyl groups is 1. The maximum Gasteiger partial charge on any atom is 0.230 e. The molecular weight excluding hydrogens is 208 g/mol. The molecule has 92 valence electrons. The van der Waals surface area contributed by atoms with Crippen molar-refractivity contribution in [2.45, 2.75) is 37.8 Å². The molecule has 0 aromatic rings. The van der Waals surface area contributed by atoms with Crippen LogP contribution in [0.4, 0.5) is 0 Å². The van der Waals surface area contributed by atoms with Gasteiger partial charge in [-0.3, -0.25) is 4.79 Å². The van der Waals surface area contributed by atoms with E-state index in [1.54, 1.807) is 0 Å². The monoisotopic (exact) mass is 228 g/mol. The van der Waals surface area contributed by atoms with Crippen LogP contribution in [0, 0.1) is 5.41 Å². The molecule has 0 aromatic heterocycles. The van der Waals surface area contributed by atoms with Crippen LogP contribution in [0.2, 0.25) is 0 Å². The van der Waals surface area contributed by atoms with E-state index < -0.39 is 11.0 Å². The Hall–Kier alpha value is -0.650. The molecule has 1 aliphatic heterocycles. The molecule has 4 N–H and O–H groups in total. The summed E-state index contributed by atoms with van der Waals surface area (Å²) in [5.41, 5.74) is 4.51. The number of carbonyl (C=O) groups excluding carboxylic acids is 1. The van der Waals surface area contributed by atoms with E-state index in [2.05, 4.69) is 5.32 Å². The molecule has 2 unspecified atom stereocenters. The van der Waals surface area contributed by atoms with E-state index in [9.17, 15) is 9.90 Å². The van der Waals surface area contributed by atoms with Crippen molar-refractivity contribution in [1.29, 1.82) is 0 Å². The molecule has 16 heavy (non-hydrogen) atoms. The van der Waals surface area contributed by atoms with E-state index in [1.807, 2.05) is 6.92 Å². The average molecular weight is 228 g/mol. The molecule has 2 fully saturated rings. The summed E-state index contributed by atoms with van der Waals surface area (Å²) < 4.78 is 5.22. The number of amides is 1. The number of ether oxygens (including phenoxy) is 1. The highest BCUT2D eigenvalue weighted by Gasteiger charge is 2.45. The number of nitrogens with one attached hydrogen (secondary N) is 1. The zero-order valence-electron chi connectivity index (χ0n) is 9.66. The van der Waals surface area contributed by atoms with Crippen LogP contribution in [0.5, 0.6) is 0 Å². The SMILES string of the molecule is CC1(C(=O)NCC2(O)CCC2)COCC1N. The Bertz CT molecular complexity index is 291. The average Bonchev–Trinajstić information content (AvgIpc) is 2.54. The minimum atomic E-state index is -0.685. The number of hydrogen-bond acceptors (Lipinski definition) is 4. The molecule has 1 amide bonds. The molecule has 0 spiro atoms. The number of hydrogen-bond donors (Lipinski definition) is 3. The van der Waals surface area contributed by atoms with Crippen LogP contribution in [-0.2, 0) is 9.53 Å². The van der Waals surface area contributed by atoms with Crippen molar-refractivity contribution in [1.82, 2.24) is 5.32 Å². The van der Waals surface area contributed by atoms with Crippen molar-refractivity contribution in [3.8, 4) is 0 Å². The van der Waals surface area contributed by atoms with Crippen molar-refractivity contribution >= 4 is 5.91 Å². The summed E-state index contributed by atoms with van der Waals surface area (Å²) in [4.78, 5) is 12.0. The first-order valence-electron chi connectivity index (χ1n) is 5.80. The van der Waals surface area contributed by atoms with Crippen LogP contribution < -0.4 is 11.1 Å². The number of nitrogens with two attached hydrogens (primary N) is 1. The number of rotatable bonds is 3. The van der Waals surface area contributed by atoms with E-state index in [1.165, 1.54) is 0 Å². The van der Waals surface area contributed by atoms with Gasteiger partial charge >= 0.3 is 0 Å². The first-order chi connectivity index (χ1) is 7.46. The summed E-state index contributed by atoms with van der Waals surface area (Å²) in [7, 11) is 0. The minimum Gasteiger partial charge on any atom is -0.388 e. The maximum absolute atomic E-state index is 12.0. The summed E-state index contributed by atoms with van der Waals surface area (Å²) in [5.74, 6) is -0.113.